The molecule has 4 nitrogen and oxygen atoms in total. The molecule has 90 valence electrons. The van der Waals surface area contributed by atoms with Crippen LogP contribution in [0.4, 0.5) is 5.69 Å². The van der Waals surface area contributed by atoms with Crippen LogP contribution in [0.25, 0.3) is 0 Å². The summed E-state index contributed by atoms with van der Waals surface area (Å²) in [6.45, 7) is 1.78. The van der Waals surface area contributed by atoms with Crippen LogP contribution in [-0.4, -0.2) is 13.4 Å². The molecular formula is C10H9ClN2O2S2. The SMILES string of the molecule is Cc1cnccc1NS(=O)(=O)c1ccc(Cl)s1. The second-order valence-electron chi connectivity index (χ2n) is 3.35. The number of sulfonamides is 1. The van der Waals surface area contributed by atoms with E-state index < -0.39 is 10.0 Å². The van der Waals surface area contributed by atoms with Crippen molar-refractivity contribution < 1.29 is 8.42 Å². The van der Waals surface area contributed by atoms with Crippen LogP contribution in [-0.2, 0) is 10.0 Å². The highest BCUT2D eigenvalue weighted by Crippen LogP contribution is 2.27. The van der Waals surface area contributed by atoms with E-state index in [1.807, 2.05) is 0 Å². The summed E-state index contributed by atoms with van der Waals surface area (Å²) in [6.07, 6.45) is 3.13. The van der Waals surface area contributed by atoms with Crippen molar-refractivity contribution in [3.05, 3.63) is 40.5 Å². The van der Waals surface area contributed by atoms with Crippen molar-refractivity contribution >= 4 is 38.6 Å². The molecule has 0 fully saturated rings. The van der Waals surface area contributed by atoms with Gasteiger partial charge in [0, 0.05) is 12.4 Å². The van der Waals surface area contributed by atoms with Crippen LogP contribution in [0, 0.1) is 6.92 Å². The lowest BCUT2D eigenvalue weighted by molar-refractivity contribution is 0.603. The van der Waals surface area contributed by atoms with Crippen LogP contribution < -0.4 is 4.72 Å². The predicted octanol–water partition coefficient (Wildman–Crippen LogP) is 2.91. The molecule has 2 rings (SSSR count). The van der Waals surface area contributed by atoms with Crippen molar-refractivity contribution in [3.63, 3.8) is 0 Å². The number of halogens is 1. The lowest BCUT2D eigenvalue weighted by atomic mass is 10.3. The number of hydrogen-bond donors (Lipinski definition) is 1. The maximum atomic E-state index is 12.0. The third kappa shape index (κ3) is 2.77. The van der Waals surface area contributed by atoms with E-state index in [1.165, 1.54) is 12.3 Å². The maximum absolute atomic E-state index is 12.0. The van der Waals surface area contributed by atoms with Crippen LogP contribution in [0.2, 0.25) is 4.34 Å². The zero-order chi connectivity index (χ0) is 12.5. The summed E-state index contributed by atoms with van der Waals surface area (Å²) in [5.74, 6) is 0. The minimum absolute atomic E-state index is 0.193. The first-order valence-corrected chi connectivity index (χ1v) is 7.35. The molecule has 0 radical (unpaired) electrons. The standard InChI is InChI=1S/C10H9ClN2O2S2/c1-7-6-12-5-4-8(7)13-17(14,15)10-3-2-9(11)16-10/h2-6H,1H3,(H,12,13). The Morgan fingerprint density at radius 1 is 1.35 bits per heavy atom. The Balaban J connectivity index is 2.33. The van der Waals surface area contributed by atoms with Crippen molar-refractivity contribution in [2.45, 2.75) is 11.1 Å². The molecule has 2 heterocycles. The molecule has 2 aromatic heterocycles. The van der Waals surface area contributed by atoms with Gasteiger partial charge in [0.1, 0.15) is 4.21 Å². The normalized spacial score (nSPS) is 11.4. The third-order valence-corrected chi connectivity index (χ3v) is 5.17. The van der Waals surface area contributed by atoms with Crippen molar-refractivity contribution in [1.29, 1.82) is 0 Å². The zero-order valence-corrected chi connectivity index (χ0v) is 11.2. The van der Waals surface area contributed by atoms with E-state index in [1.54, 1.807) is 25.3 Å². The Bertz CT molecular complexity index is 637. The Hall–Kier alpha value is -1.11. The molecule has 0 atom stereocenters. The summed E-state index contributed by atoms with van der Waals surface area (Å²) in [5, 5.41) is 0. The zero-order valence-electron chi connectivity index (χ0n) is 8.84. The van der Waals surface area contributed by atoms with Crippen LogP contribution in [0.5, 0.6) is 0 Å². The van der Waals surface area contributed by atoms with Gasteiger partial charge in [-0.05, 0) is 30.7 Å². The first-order valence-electron chi connectivity index (χ1n) is 4.68. The second-order valence-corrected chi connectivity index (χ2v) is 6.98. The van der Waals surface area contributed by atoms with Crippen molar-refractivity contribution in [3.8, 4) is 0 Å². The summed E-state index contributed by atoms with van der Waals surface area (Å²) in [6, 6.07) is 4.65. The van der Waals surface area contributed by atoms with Gasteiger partial charge in [-0.3, -0.25) is 9.71 Å². The van der Waals surface area contributed by atoms with Crippen LogP contribution in [0.15, 0.2) is 34.8 Å². The number of nitrogens with zero attached hydrogens (tertiary/aromatic N) is 1. The largest absolute Gasteiger partial charge is 0.279 e. The van der Waals surface area contributed by atoms with Gasteiger partial charge < -0.3 is 0 Å². The third-order valence-electron chi connectivity index (χ3n) is 2.08. The van der Waals surface area contributed by atoms with E-state index in [2.05, 4.69) is 9.71 Å². The predicted molar refractivity (Wildman–Crippen MR) is 69.1 cm³/mol. The van der Waals surface area contributed by atoms with E-state index in [9.17, 15) is 8.42 Å². The molecule has 0 spiro atoms. The second kappa shape index (κ2) is 4.64. The Kier molecular flexibility index (Phi) is 3.37. The highest BCUT2D eigenvalue weighted by atomic mass is 35.5. The summed E-state index contributed by atoms with van der Waals surface area (Å²) >= 11 is 6.74. The van der Waals surface area contributed by atoms with Crippen molar-refractivity contribution in [2.24, 2.45) is 0 Å². The molecule has 17 heavy (non-hydrogen) atoms. The van der Waals surface area contributed by atoms with Gasteiger partial charge in [0.2, 0.25) is 0 Å². The minimum atomic E-state index is -3.56. The molecule has 7 heteroatoms. The fraction of sp³-hybridized carbons (Fsp3) is 0.100. The van der Waals surface area contributed by atoms with Crippen molar-refractivity contribution in [1.82, 2.24) is 4.98 Å². The number of nitrogens with one attached hydrogen (secondary N) is 1. The topological polar surface area (TPSA) is 59.1 Å². The molecule has 0 bridgehead atoms. The van der Waals surface area contributed by atoms with E-state index >= 15 is 0 Å². The smallest absolute Gasteiger partial charge is 0.271 e. The molecule has 1 N–H and O–H groups in total. The van der Waals surface area contributed by atoms with Gasteiger partial charge in [0.05, 0.1) is 10.0 Å². The van der Waals surface area contributed by atoms with Crippen molar-refractivity contribution in [2.75, 3.05) is 4.72 Å². The van der Waals surface area contributed by atoms with E-state index in [0.717, 1.165) is 16.9 Å². The number of rotatable bonds is 3. The number of thiophene rings is 1. The van der Waals surface area contributed by atoms with E-state index in [4.69, 9.17) is 11.6 Å². The average molecular weight is 289 g/mol. The first-order chi connectivity index (χ1) is 7.99. The maximum Gasteiger partial charge on any atom is 0.271 e. The van der Waals surface area contributed by atoms with Gasteiger partial charge in [-0.2, -0.15) is 0 Å². The fourth-order valence-electron chi connectivity index (χ4n) is 1.23. The van der Waals surface area contributed by atoms with Gasteiger partial charge in [-0.25, -0.2) is 8.42 Å². The molecule has 0 amide bonds. The summed E-state index contributed by atoms with van der Waals surface area (Å²) in [7, 11) is -3.56. The molecule has 0 unspecified atom stereocenters. The lowest BCUT2D eigenvalue weighted by Crippen LogP contribution is -2.12. The summed E-state index contributed by atoms with van der Waals surface area (Å²) in [4.78, 5) is 3.90. The monoisotopic (exact) mass is 288 g/mol. The summed E-state index contributed by atoms with van der Waals surface area (Å²) in [5.41, 5.74) is 1.28. The first kappa shape index (κ1) is 12.3. The number of hydrogen-bond acceptors (Lipinski definition) is 4. The molecule has 0 saturated heterocycles. The van der Waals surface area contributed by atoms with Crippen LogP contribution >= 0.6 is 22.9 Å². The number of aromatic nitrogens is 1. The van der Waals surface area contributed by atoms with Gasteiger partial charge in [-0.15, -0.1) is 11.3 Å². The van der Waals surface area contributed by atoms with E-state index in [0.29, 0.717) is 10.0 Å². The number of anilines is 1. The highest BCUT2D eigenvalue weighted by Gasteiger charge is 2.17. The van der Waals surface area contributed by atoms with Gasteiger partial charge in [0.15, 0.2) is 0 Å². The number of aryl methyl sites for hydroxylation is 1. The molecule has 0 aliphatic carbocycles. The Morgan fingerprint density at radius 2 is 2.12 bits per heavy atom. The Morgan fingerprint density at radius 3 is 2.71 bits per heavy atom. The van der Waals surface area contributed by atoms with Gasteiger partial charge in [0.25, 0.3) is 10.0 Å². The van der Waals surface area contributed by atoms with Gasteiger partial charge >= 0.3 is 0 Å². The molecule has 0 saturated carbocycles. The molecular weight excluding hydrogens is 280 g/mol. The lowest BCUT2D eigenvalue weighted by Gasteiger charge is -2.07. The van der Waals surface area contributed by atoms with Gasteiger partial charge in [-0.1, -0.05) is 11.6 Å². The van der Waals surface area contributed by atoms with Crippen LogP contribution in [0.1, 0.15) is 5.56 Å². The summed E-state index contributed by atoms with van der Waals surface area (Å²) < 4.78 is 27.1. The minimum Gasteiger partial charge on any atom is -0.279 e. The fourth-order valence-corrected chi connectivity index (χ4v) is 3.84. The molecule has 0 aliphatic heterocycles. The molecule has 0 aromatic carbocycles. The van der Waals surface area contributed by atoms with Crippen LogP contribution in [0.3, 0.4) is 0 Å². The highest BCUT2D eigenvalue weighted by molar-refractivity contribution is 7.94. The number of pyridine rings is 1. The quantitative estimate of drug-likeness (QED) is 0.945. The van der Waals surface area contributed by atoms with E-state index in [-0.39, 0.29) is 4.21 Å². The Labute approximate surface area is 108 Å². The molecule has 2 aromatic rings. The molecule has 0 aliphatic rings. The average Bonchev–Trinajstić information content (AvgIpc) is 2.69.